The van der Waals surface area contributed by atoms with Gasteiger partial charge in [0.15, 0.2) is 6.61 Å². The number of amides is 2. The fraction of sp³-hybridized carbons (Fsp3) is 0.619. The van der Waals surface area contributed by atoms with Crippen molar-refractivity contribution in [2.45, 2.75) is 37.8 Å². The maximum atomic E-state index is 13.5. The van der Waals surface area contributed by atoms with Crippen LogP contribution in [0.25, 0.3) is 0 Å². The lowest BCUT2D eigenvalue weighted by atomic mass is 9.57. The quantitative estimate of drug-likeness (QED) is 0.603. The first-order chi connectivity index (χ1) is 14.4. The predicted octanol–water partition coefficient (Wildman–Crippen LogP) is 1.71. The number of hydrogen-bond acceptors (Lipinski definition) is 5. The summed E-state index contributed by atoms with van der Waals surface area (Å²) in [7, 11) is 1.99. The molecular formula is C21H28ClFN4O3. The molecule has 7 nitrogen and oxygen atoms in total. The predicted molar refractivity (Wildman–Crippen MR) is 110 cm³/mol. The Labute approximate surface area is 180 Å². The third-order valence-electron chi connectivity index (χ3n) is 6.70. The molecular weight excluding hydrogens is 411 g/mol. The van der Waals surface area contributed by atoms with Crippen LogP contribution >= 0.6 is 11.6 Å². The summed E-state index contributed by atoms with van der Waals surface area (Å²) in [6, 6.07) is 4.36. The fourth-order valence-electron chi connectivity index (χ4n) is 4.80. The van der Waals surface area contributed by atoms with E-state index in [-0.39, 0.29) is 41.2 Å². The van der Waals surface area contributed by atoms with Crippen molar-refractivity contribution in [2.75, 3.05) is 26.7 Å². The van der Waals surface area contributed by atoms with Crippen molar-refractivity contribution in [1.29, 1.82) is 0 Å². The summed E-state index contributed by atoms with van der Waals surface area (Å²) in [6.45, 7) is 1.37. The van der Waals surface area contributed by atoms with Crippen LogP contribution in [0.3, 0.4) is 0 Å². The van der Waals surface area contributed by atoms with Crippen LogP contribution in [0.5, 0.6) is 5.75 Å². The highest BCUT2D eigenvalue weighted by molar-refractivity contribution is 6.30. The molecule has 5 rings (SSSR count). The molecule has 4 aliphatic rings. The van der Waals surface area contributed by atoms with Crippen LogP contribution < -0.4 is 20.8 Å². The molecule has 3 saturated carbocycles. The average molecular weight is 439 g/mol. The maximum absolute atomic E-state index is 13.5. The van der Waals surface area contributed by atoms with Crippen LogP contribution in [0.15, 0.2) is 18.2 Å². The number of fused-ring (bicyclic) bond motifs is 2. The van der Waals surface area contributed by atoms with Crippen LogP contribution in [-0.4, -0.2) is 55.7 Å². The smallest absolute Gasteiger partial charge is 0.258 e. The molecule has 3 aliphatic carbocycles. The van der Waals surface area contributed by atoms with Gasteiger partial charge in [-0.05, 0) is 49.7 Å². The minimum Gasteiger partial charge on any atom is -0.484 e. The van der Waals surface area contributed by atoms with Crippen LogP contribution in [0, 0.1) is 23.6 Å². The number of ether oxygens (including phenoxy) is 1. The van der Waals surface area contributed by atoms with E-state index in [2.05, 4.69) is 21.1 Å². The van der Waals surface area contributed by atoms with E-state index in [1.807, 2.05) is 7.05 Å². The number of rotatable bonds is 7. The lowest BCUT2D eigenvalue weighted by molar-refractivity contribution is -0.136. The van der Waals surface area contributed by atoms with Gasteiger partial charge in [-0.1, -0.05) is 11.6 Å². The van der Waals surface area contributed by atoms with Crippen molar-refractivity contribution in [2.24, 2.45) is 17.8 Å². The summed E-state index contributed by atoms with van der Waals surface area (Å²) in [6.07, 6.45) is 3.61. The summed E-state index contributed by atoms with van der Waals surface area (Å²) in [5, 5.41) is 8.18. The number of hydrogen-bond donors (Lipinski definition) is 3. The van der Waals surface area contributed by atoms with Crippen molar-refractivity contribution in [1.82, 2.24) is 21.1 Å². The number of halogens is 2. The van der Waals surface area contributed by atoms with Gasteiger partial charge in [-0.25, -0.2) is 9.40 Å². The molecule has 1 saturated heterocycles. The average Bonchev–Trinajstić information content (AvgIpc) is 3.10. The zero-order valence-corrected chi connectivity index (χ0v) is 17.8. The minimum absolute atomic E-state index is 0.00806. The molecule has 2 amide bonds. The van der Waals surface area contributed by atoms with Crippen LogP contribution in [0.2, 0.25) is 5.02 Å². The largest absolute Gasteiger partial charge is 0.484 e. The Bertz CT molecular complexity index is 804. The van der Waals surface area contributed by atoms with E-state index in [0.29, 0.717) is 30.8 Å². The Morgan fingerprint density at radius 3 is 2.80 bits per heavy atom. The Balaban J connectivity index is 1.24. The molecule has 1 heterocycles. The second kappa shape index (κ2) is 9.08. The molecule has 1 aromatic carbocycles. The van der Waals surface area contributed by atoms with Crippen molar-refractivity contribution in [3.63, 3.8) is 0 Å². The van der Waals surface area contributed by atoms with E-state index in [4.69, 9.17) is 16.3 Å². The van der Waals surface area contributed by atoms with Crippen molar-refractivity contribution < 1.29 is 18.7 Å². The molecule has 0 spiro atoms. The zero-order chi connectivity index (χ0) is 21.3. The summed E-state index contributed by atoms with van der Waals surface area (Å²) in [5.74, 6) is 0.256. The SMILES string of the molecule is CN1NCCC1CNC(=O)C1CC(NC(=O)COc2ccc(Cl)c(F)c2)C2CC1C2. The molecule has 3 unspecified atom stereocenters. The molecule has 1 aromatic rings. The van der Waals surface area contributed by atoms with Gasteiger partial charge >= 0.3 is 0 Å². The monoisotopic (exact) mass is 438 g/mol. The molecule has 2 bridgehead atoms. The molecule has 164 valence electrons. The van der Waals surface area contributed by atoms with E-state index in [0.717, 1.165) is 31.9 Å². The van der Waals surface area contributed by atoms with Gasteiger partial charge in [0, 0.05) is 44.2 Å². The number of benzene rings is 1. The lowest BCUT2D eigenvalue weighted by Gasteiger charge is -2.50. The molecule has 1 aliphatic heterocycles. The number of hydrazine groups is 1. The highest BCUT2D eigenvalue weighted by atomic mass is 35.5. The molecule has 30 heavy (non-hydrogen) atoms. The van der Waals surface area contributed by atoms with E-state index >= 15 is 0 Å². The van der Waals surface area contributed by atoms with Crippen LogP contribution in [0.1, 0.15) is 25.7 Å². The van der Waals surface area contributed by atoms with E-state index in [1.54, 1.807) is 0 Å². The first-order valence-electron chi connectivity index (χ1n) is 10.5. The normalized spacial score (nSPS) is 30.4. The third-order valence-corrected chi connectivity index (χ3v) is 7.01. The number of carbonyl (C=O) groups excluding carboxylic acids is 2. The van der Waals surface area contributed by atoms with Gasteiger partial charge in [0.2, 0.25) is 5.91 Å². The number of nitrogens with zero attached hydrogens (tertiary/aromatic N) is 1. The minimum atomic E-state index is -0.587. The van der Waals surface area contributed by atoms with Gasteiger partial charge in [-0.2, -0.15) is 0 Å². The number of carbonyl (C=O) groups is 2. The highest BCUT2D eigenvalue weighted by Crippen LogP contribution is 2.49. The Morgan fingerprint density at radius 2 is 2.10 bits per heavy atom. The number of nitrogens with one attached hydrogen (secondary N) is 3. The summed E-state index contributed by atoms with van der Waals surface area (Å²) in [4.78, 5) is 25.1. The zero-order valence-electron chi connectivity index (χ0n) is 17.0. The highest BCUT2D eigenvalue weighted by Gasteiger charge is 2.49. The van der Waals surface area contributed by atoms with Crippen LogP contribution in [-0.2, 0) is 9.59 Å². The van der Waals surface area contributed by atoms with Crippen LogP contribution in [0.4, 0.5) is 4.39 Å². The summed E-state index contributed by atoms with van der Waals surface area (Å²) in [5.41, 5.74) is 3.24. The maximum Gasteiger partial charge on any atom is 0.258 e. The first kappa shape index (κ1) is 21.3. The number of likely N-dealkylation sites (N-methyl/N-ethyl adjacent to an activating group) is 1. The molecule has 0 aromatic heterocycles. The standard InChI is InChI=1S/C21H28ClFN4O3/c1-27-14(4-5-25-27)10-24-21(29)16-9-19(13-6-12(16)7-13)26-20(28)11-30-15-2-3-17(22)18(23)8-15/h2-3,8,12-14,16,19,25H,4-7,9-11H2,1H3,(H,24,29)(H,26,28). The van der Waals surface area contributed by atoms with Gasteiger partial charge in [0.25, 0.3) is 5.91 Å². The Kier molecular flexibility index (Phi) is 6.46. The molecule has 9 heteroatoms. The van der Waals surface area contributed by atoms with Gasteiger partial charge in [-0.3, -0.25) is 15.0 Å². The van der Waals surface area contributed by atoms with Gasteiger partial charge < -0.3 is 15.4 Å². The molecule has 0 radical (unpaired) electrons. The van der Waals surface area contributed by atoms with Gasteiger partial charge in [0.1, 0.15) is 11.6 Å². The third kappa shape index (κ3) is 4.71. The summed E-state index contributed by atoms with van der Waals surface area (Å²) >= 11 is 5.65. The fourth-order valence-corrected chi connectivity index (χ4v) is 4.92. The topological polar surface area (TPSA) is 82.7 Å². The van der Waals surface area contributed by atoms with Gasteiger partial charge in [-0.15, -0.1) is 0 Å². The molecule has 3 atom stereocenters. The van der Waals surface area contributed by atoms with Crippen molar-refractivity contribution >= 4 is 23.4 Å². The Morgan fingerprint density at radius 1 is 1.30 bits per heavy atom. The van der Waals surface area contributed by atoms with Crippen molar-refractivity contribution in [3.05, 3.63) is 29.0 Å². The van der Waals surface area contributed by atoms with E-state index < -0.39 is 5.82 Å². The second-order valence-corrected chi connectivity index (χ2v) is 8.99. The summed E-state index contributed by atoms with van der Waals surface area (Å²) < 4.78 is 18.9. The Hall–Kier alpha value is -1.90. The van der Waals surface area contributed by atoms with Gasteiger partial charge in [0.05, 0.1) is 5.02 Å². The van der Waals surface area contributed by atoms with E-state index in [1.165, 1.54) is 12.1 Å². The lowest BCUT2D eigenvalue weighted by Crippen LogP contribution is -2.57. The molecule has 4 fully saturated rings. The molecule has 3 N–H and O–H groups in total. The second-order valence-electron chi connectivity index (χ2n) is 8.58. The van der Waals surface area contributed by atoms with E-state index in [9.17, 15) is 14.0 Å². The van der Waals surface area contributed by atoms with Crippen molar-refractivity contribution in [3.8, 4) is 5.75 Å². The first-order valence-corrected chi connectivity index (χ1v) is 10.9.